The number of nitrogens with zero attached hydrogens (tertiary/aromatic N) is 1. The Labute approximate surface area is 119 Å². The van der Waals surface area contributed by atoms with E-state index in [0.29, 0.717) is 12.7 Å². The zero-order valence-electron chi connectivity index (χ0n) is 11.9. The van der Waals surface area contributed by atoms with Crippen LogP contribution in [0.2, 0.25) is 0 Å². The Kier molecular flexibility index (Phi) is 2.01. The molecule has 3 heterocycles. The van der Waals surface area contributed by atoms with E-state index < -0.39 is 0 Å². The van der Waals surface area contributed by atoms with Gasteiger partial charge < -0.3 is 14.0 Å². The SMILES string of the molecule is C[N+]12CCC3=CCC[C@@H](c4cc5c(cc4C1)OCO5)[C@H]32. The molecule has 104 valence electrons. The van der Waals surface area contributed by atoms with Crippen molar-refractivity contribution >= 4 is 0 Å². The summed E-state index contributed by atoms with van der Waals surface area (Å²) in [5, 5.41) is 0. The highest BCUT2D eigenvalue weighted by Crippen LogP contribution is 2.52. The summed E-state index contributed by atoms with van der Waals surface area (Å²) in [4.78, 5) is 0. The number of hydrogen-bond donors (Lipinski definition) is 0. The molecular weight excluding hydrogens is 250 g/mol. The Morgan fingerprint density at radius 1 is 1.20 bits per heavy atom. The first-order chi connectivity index (χ1) is 9.74. The van der Waals surface area contributed by atoms with E-state index in [2.05, 4.69) is 25.3 Å². The van der Waals surface area contributed by atoms with Crippen LogP contribution in [0.1, 0.15) is 36.3 Å². The zero-order valence-corrected chi connectivity index (χ0v) is 11.9. The summed E-state index contributed by atoms with van der Waals surface area (Å²) in [7, 11) is 2.44. The Morgan fingerprint density at radius 3 is 2.95 bits per heavy atom. The van der Waals surface area contributed by atoms with Gasteiger partial charge in [0.1, 0.15) is 12.6 Å². The second-order valence-corrected chi connectivity index (χ2v) is 6.92. The van der Waals surface area contributed by atoms with Crippen LogP contribution in [0.5, 0.6) is 11.5 Å². The van der Waals surface area contributed by atoms with E-state index in [1.807, 2.05) is 0 Å². The quantitative estimate of drug-likeness (QED) is 0.533. The first-order valence-electron chi connectivity index (χ1n) is 7.70. The van der Waals surface area contributed by atoms with Crippen molar-refractivity contribution in [2.24, 2.45) is 0 Å². The summed E-state index contributed by atoms with van der Waals surface area (Å²) in [6, 6.07) is 5.23. The highest BCUT2D eigenvalue weighted by Gasteiger charge is 2.51. The number of allylic oxidation sites excluding steroid dienone is 1. The number of likely N-dealkylation sites (N-methyl/N-ethyl adjacent to an activating group) is 1. The van der Waals surface area contributed by atoms with Crippen molar-refractivity contribution in [1.29, 1.82) is 0 Å². The molecule has 1 aromatic rings. The monoisotopic (exact) mass is 270 g/mol. The van der Waals surface area contributed by atoms with E-state index in [1.54, 1.807) is 5.57 Å². The van der Waals surface area contributed by atoms with Gasteiger partial charge in [-0.2, -0.15) is 0 Å². The first kappa shape index (κ1) is 11.2. The van der Waals surface area contributed by atoms with Crippen LogP contribution in [0, 0.1) is 0 Å². The van der Waals surface area contributed by atoms with E-state index in [-0.39, 0.29) is 0 Å². The number of fused-ring (bicyclic) bond motifs is 3. The van der Waals surface area contributed by atoms with E-state index in [9.17, 15) is 0 Å². The summed E-state index contributed by atoms with van der Waals surface area (Å²) >= 11 is 0. The van der Waals surface area contributed by atoms with Gasteiger partial charge in [-0.3, -0.25) is 0 Å². The summed E-state index contributed by atoms with van der Waals surface area (Å²) in [5.41, 5.74) is 4.73. The van der Waals surface area contributed by atoms with Gasteiger partial charge in [0, 0.05) is 17.9 Å². The molecule has 1 unspecified atom stereocenters. The van der Waals surface area contributed by atoms with Crippen molar-refractivity contribution in [2.75, 3.05) is 20.4 Å². The molecular formula is C17H20NO2+. The smallest absolute Gasteiger partial charge is 0.231 e. The molecule has 0 amide bonds. The molecule has 1 fully saturated rings. The van der Waals surface area contributed by atoms with Crippen LogP contribution in [0.15, 0.2) is 23.8 Å². The number of ether oxygens (including phenoxy) is 2. The maximum absolute atomic E-state index is 5.60. The van der Waals surface area contributed by atoms with Gasteiger partial charge >= 0.3 is 0 Å². The molecule has 1 saturated heterocycles. The van der Waals surface area contributed by atoms with E-state index in [1.165, 1.54) is 41.4 Å². The Hall–Kier alpha value is -1.48. The Morgan fingerprint density at radius 2 is 2.05 bits per heavy atom. The molecule has 0 radical (unpaired) electrons. The van der Waals surface area contributed by atoms with Gasteiger partial charge in [-0.05, 0) is 36.1 Å². The lowest BCUT2D eigenvalue weighted by molar-refractivity contribution is -0.935. The average molecular weight is 270 g/mol. The second kappa shape index (κ2) is 3.59. The molecule has 0 saturated carbocycles. The Bertz CT molecular complexity index is 636. The van der Waals surface area contributed by atoms with Crippen LogP contribution in [0.25, 0.3) is 0 Å². The van der Waals surface area contributed by atoms with Crippen molar-refractivity contribution in [1.82, 2.24) is 0 Å². The fourth-order valence-corrected chi connectivity index (χ4v) is 4.97. The Balaban J connectivity index is 1.71. The molecule has 3 atom stereocenters. The molecule has 20 heavy (non-hydrogen) atoms. The highest BCUT2D eigenvalue weighted by atomic mass is 16.7. The third-order valence-corrected chi connectivity index (χ3v) is 5.79. The predicted octanol–water partition coefficient (Wildman–Crippen LogP) is 2.95. The van der Waals surface area contributed by atoms with Gasteiger partial charge in [0.05, 0.1) is 13.6 Å². The average Bonchev–Trinajstić information content (AvgIpc) is 3.03. The number of hydrogen-bond acceptors (Lipinski definition) is 2. The molecule has 1 aromatic carbocycles. The van der Waals surface area contributed by atoms with Gasteiger partial charge in [0.15, 0.2) is 11.5 Å². The summed E-state index contributed by atoms with van der Waals surface area (Å²) in [6.45, 7) is 2.81. The molecule has 5 rings (SSSR count). The van der Waals surface area contributed by atoms with Crippen LogP contribution in [0.4, 0.5) is 0 Å². The minimum absolute atomic E-state index is 0.379. The normalized spacial score (nSPS) is 36.4. The van der Waals surface area contributed by atoms with Gasteiger partial charge in [-0.15, -0.1) is 0 Å². The second-order valence-electron chi connectivity index (χ2n) is 6.92. The predicted molar refractivity (Wildman–Crippen MR) is 75.8 cm³/mol. The van der Waals surface area contributed by atoms with Gasteiger partial charge in [-0.25, -0.2) is 0 Å². The molecule has 1 aliphatic carbocycles. The molecule has 0 N–H and O–H groups in total. The summed E-state index contributed by atoms with van der Waals surface area (Å²) < 4.78 is 12.4. The van der Waals surface area contributed by atoms with Crippen LogP contribution in [0.3, 0.4) is 0 Å². The third-order valence-electron chi connectivity index (χ3n) is 5.79. The summed E-state index contributed by atoms with van der Waals surface area (Å²) in [6.07, 6.45) is 6.33. The maximum Gasteiger partial charge on any atom is 0.231 e. The van der Waals surface area contributed by atoms with E-state index >= 15 is 0 Å². The van der Waals surface area contributed by atoms with Crippen molar-refractivity contribution in [3.63, 3.8) is 0 Å². The maximum atomic E-state index is 5.60. The highest BCUT2D eigenvalue weighted by molar-refractivity contribution is 5.51. The number of quaternary nitrogens is 1. The lowest BCUT2D eigenvalue weighted by Gasteiger charge is -2.46. The van der Waals surface area contributed by atoms with Crippen LogP contribution >= 0.6 is 0 Å². The van der Waals surface area contributed by atoms with Gasteiger partial charge in [-0.1, -0.05) is 6.08 Å². The first-order valence-corrected chi connectivity index (χ1v) is 7.70. The topological polar surface area (TPSA) is 18.5 Å². The summed E-state index contributed by atoms with van der Waals surface area (Å²) in [5.74, 6) is 2.58. The van der Waals surface area contributed by atoms with Crippen molar-refractivity contribution in [3.05, 3.63) is 34.9 Å². The standard InChI is InChI=1S/C17H20NO2/c1-18-6-5-11-3-2-4-13(17(11)18)14-8-16-15(19-10-20-16)7-12(14)9-18/h3,7-8,13,17H,2,4-6,9-10H2,1H3/q+1/t13-,17-,18?/m0/s1. The molecule has 3 nitrogen and oxygen atoms in total. The van der Waals surface area contributed by atoms with E-state index in [4.69, 9.17) is 9.47 Å². The van der Waals surface area contributed by atoms with Crippen LogP contribution in [-0.2, 0) is 6.54 Å². The fraction of sp³-hybridized carbons (Fsp3) is 0.529. The molecule has 0 aromatic heterocycles. The van der Waals surface area contributed by atoms with Gasteiger partial charge in [0.2, 0.25) is 6.79 Å². The largest absolute Gasteiger partial charge is 0.454 e. The zero-order chi connectivity index (χ0) is 13.3. The lowest BCUT2D eigenvalue weighted by atomic mass is 9.75. The van der Waals surface area contributed by atoms with Gasteiger partial charge in [0.25, 0.3) is 0 Å². The van der Waals surface area contributed by atoms with Crippen molar-refractivity contribution in [3.8, 4) is 11.5 Å². The van der Waals surface area contributed by atoms with Crippen molar-refractivity contribution in [2.45, 2.75) is 37.8 Å². The van der Waals surface area contributed by atoms with Crippen LogP contribution < -0.4 is 9.47 Å². The van der Waals surface area contributed by atoms with Crippen molar-refractivity contribution < 1.29 is 14.0 Å². The molecule has 0 spiro atoms. The third kappa shape index (κ3) is 1.29. The number of benzene rings is 1. The number of rotatable bonds is 0. The molecule has 3 heteroatoms. The lowest BCUT2D eigenvalue weighted by Crippen LogP contribution is -2.53. The molecule has 3 aliphatic heterocycles. The molecule has 0 bridgehead atoms. The van der Waals surface area contributed by atoms with E-state index in [0.717, 1.165) is 24.1 Å². The van der Waals surface area contributed by atoms with Crippen LogP contribution in [-0.4, -0.2) is 30.9 Å². The minimum atomic E-state index is 0.379. The fourth-order valence-electron chi connectivity index (χ4n) is 4.97. The molecule has 4 aliphatic rings. The minimum Gasteiger partial charge on any atom is -0.454 e.